The normalized spacial score (nSPS) is 10.7. The maximum atomic E-state index is 11.8. The highest BCUT2D eigenvalue weighted by atomic mass is 16.7. The van der Waals surface area contributed by atoms with Crippen LogP contribution in [0.2, 0.25) is 0 Å². The lowest BCUT2D eigenvalue weighted by Crippen LogP contribution is -2.30. The van der Waals surface area contributed by atoms with E-state index in [9.17, 15) is 4.79 Å². The minimum atomic E-state index is -0.363. The standard InChI is InChI=1S/C21H26N2O4/c1-16-9-7-10-17(2)20(16)27-14-6-5-13-26-19-12-8-11-18(15-19)22-21(24)23(3)25-4/h5-12,15H,13-14H2,1-4H3,(H,22,24)/b6-5+. The second-order valence-corrected chi connectivity index (χ2v) is 5.95. The van der Waals surface area contributed by atoms with E-state index >= 15 is 0 Å². The molecule has 0 atom stereocenters. The van der Waals surface area contributed by atoms with Crippen molar-refractivity contribution < 1.29 is 19.1 Å². The van der Waals surface area contributed by atoms with E-state index in [1.807, 2.05) is 56.3 Å². The number of aryl methyl sites for hydroxylation is 2. The fraction of sp³-hybridized carbons (Fsp3) is 0.286. The molecule has 0 aliphatic rings. The number of carbonyl (C=O) groups excluding carboxylic acids is 1. The molecule has 2 aromatic carbocycles. The molecule has 0 aromatic heterocycles. The van der Waals surface area contributed by atoms with Gasteiger partial charge in [-0.2, -0.15) is 0 Å². The highest BCUT2D eigenvalue weighted by Gasteiger charge is 2.08. The summed E-state index contributed by atoms with van der Waals surface area (Å²) in [5.41, 5.74) is 2.87. The summed E-state index contributed by atoms with van der Waals surface area (Å²) in [5.74, 6) is 1.58. The number of hydroxylamine groups is 2. The van der Waals surface area contributed by atoms with Crippen molar-refractivity contribution in [1.82, 2.24) is 5.06 Å². The lowest BCUT2D eigenvalue weighted by Gasteiger charge is -2.15. The fourth-order valence-electron chi connectivity index (χ4n) is 2.39. The van der Waals surface area contributed by atoms with Gasteiger partial charge in [-0.25, -0.2) is 9.86 Å². The second-order valence-electron chi connectivity index (χ2n) is 5.95. The summed E-state index contributed by atoms with van der Waals surface area (Å²) in [5, 5.41) is 3.82. The van der Waals surface area contributed by atoms with Crippen LogP contribution in [0.15, 0.2) is 54.6 Å². The second kappa shape index (κ2) is 10.2. The zero-order valence-corrected chi connectivity index (χ0v) is 16.2. The number of nitrogens with one attached hydrogen (secondary N) is 1. The van der Waals surface area contributed by atoms with Crippen LogP contribution in [0, 0.1) is 13.8 Å². The number of amides is 2. The van der Waals surface area contributed by atoms with Crippen LogP contribution in [-0.2, 0) is 4.84 Å². The van der Waals surface area contributed by atoms with Crippen LogP contribution >= 0.6 is 0 Å². The van der Waals surface area contributed by atoms with Crippen molar-refractivity contribution in [2.75, 3.05) is 32.7 Å². The SMILES string of the molecule is CON(C)C(=O)Nc1cccc(OC/C=C/COc2c(C)cccc2C)c1. The molecule has 27 heavy (non-hydrogen) atoms. The first-order chi connectivity index (χ1) is 13.0. The Morgan fingerprint density at radius 3 is 2.33 bits per heavy atom. The van der Waals surface area contributed by atoms with E-state index in [1.165, 1.54) is 14.2 Å². The third-order valence-corrected chi connectivity index (χ3v) is 3.89. The quantitative estimate of drug-likeness (QED) is 0.555. The highest BCUT2D eigenvalue weighted by molar-refractivity contribution is 5.88. The third kappa shape index (κ3) is 6.34. The predicted molar refractivity (Wildman–Crippen MR) is 106 cm³/mol. The first-order valence-electron chi connectivity index (χ1n) is 8.67. The van der Waals surface area contributed by atoms with Gasteiger partial charge in [0.2, 0.25) is 0 Å². The molecule has 144 valence electrons. The molecule has 2 aromatic rings. The number of anilines is 1. The van der Waals surface area contributed by atoms with E-state index in [0.29, 0.717) is 24.7 Å². The largest absolute Gasteiger partial charge is 0.489 e. The maximum Gasteiger partial charge on any atom is 0.345 e. The van der Waals surface area contributed by atoms with Gasteiger partial charge in [0, 0.05) is 18.8 Å². The Kier molecular flexibility index (Phi) is 7.70. The molecular weight excluding hydrogens is 344 g/mol. The molecule has 0 heterocycles. The van der Waals surface area contributed by atoms with Gasteiger partial charge < -0.3 is 14.8 Å². The van der Waals surface area contributed by atoms with Gasteiger partial charge in [0.25, 0.3) is 0 Å². The molecule has 0 bridgehead atoms. The summed E-state index contributed by atoms with van der Waals surface area (Å²) in [6, 6.07) is 12.9. The summed E-state index contributed by atoms with van der Waals surface area (Å²) in [4.78, 5) is 16.6. The molecule has 0 aliphatic heterocycles. The molecule has 0 spiro atoms. The zero-order chi connectivity index (χ0) is 19.6. The summed E-state index contributed by atoms with van der Waals surface area (Å²) >= 11 is 0. The Morgan fingerprint density at radius 2 is 1.67 bits per heavy atom. The number of nitrogens with zero attached hydrogens (tertiary/aromatic N) is 1. The van der Waals surface area contributed by atoms with Gasteiger partial charge in [-0.3, -0.25) is 4.84 Å². The molecule has 0 saturated carbocycles. The third-order valence-electron chi connectivity index (χ3n) is 3.89. The number of hydrogen-bond acceptors (Lipinski definition) is 4. The summed E-state index contributed by atoms with van der Waals surface area (Å²) in [7, 11) is 2.95. The predicted octanol–water partition coefficient (Wildman–Crippen LogP) is 4.34. The molecule has 1 N–H and O–H groups in total. The number of hydrogen-bond donors (Lipinski definition) is 1. The van der Waals surface area contributed by atoms with E-state index in [1.54, 1.807) is 12.1 Å². The van der Waals surface area contributed by atoms with Gasteiger partial charge in [-0.05, 0) is 49.3 Å². The molecule has 2 rings (SSSR count). The smallest absolute Gasteiger partial charge is 0.345 e. The van der Waals surface area contributed by atoms with Gasteiger partial charge >= 0.3 is 6.03 Å². The topological polar surface area (TPSA) is 60.0 Å². The number of benzene rings is 2. The average molecular weight is 370 g/mol. The molecule has 0 unspecified atom stereocenters. The number of para-hydroxylation sites is 1. The zero-order valence-electron chi connectivity index (χ0n) is 16.2. The first kappa shape index (κ1) is 20.3. The molecular formula is C21H26N2O4. The van der Waals surface area contributed by atoms with Crippen LogP contribution in [0.1, 0.15) is 11.1 Å². The van der Waals surface area contributed by atoms with Crippen LogP contribution in [0.4, 0.5) is 10.5 Å². The van der Waals surface area contributed by atoms with E-state index in [2.05, 4.69) is 5.32 Å². The number of carbonyl (C=O) groups is 1. The maximum absolute atomic E-state index is 11.8. The number of urea groups is 1. The van der Waals surface area contributed by atoms with Crippen LogP contribution in [0.5, 0.6) is 11.5 Å². The number of rotatable bonds is 8. The monoisotopic (exact) mass is 370 g/mol. The van der Waals surface area contributed by atoms with Crippen molar-refractivity contribution in [3.05, 3.63) is 65.7 Å². The Bertz CT molecular complexity index is 769. The van der Waals surface area contributed by atoms with Crippen molar-refractivity contribution in [2.24, 2.45) is 0 Å². The Labute approximate surface area is 160 Å². The van der Waals surface area contributed by atoms with Crippen LogP contribution in [0.3, 0.4) is 0 Å². The lowest BCUT2D eigenvalue weighted by atomic mass is 10.1. The minimum Gasteiger partial charge on any atom is -0.489 e. The molecule has 0 saturated heterocycles. The Balaban J connectivity index is 1.79. The molecule has 6 heteroatoms. The van der Waals surface area contributed by atoms with Gasteiger partial charge in [0.05, 0.1) is 7.11 Å². The van der Waals surface area contributed by atoms with Crippen LogP contribution < -0.4 is 14.8 Å². The molecule has 2 amide bonds. The average Bonchev–Trinajstić information content (AvgIpc) is 2.66. The summed E-state index contributed by atoms with van der Waals surface area (Å²) in [6.07, 6.45) is 3.82. The highest BCUT2D eigenvalue weighted by Crippen LogP contribution is 2.22. The van der Waals surface area contributed by atoms with E-state index in [4.69, 9.17) is 14.3 Å². The number of ether oxygens (including phenoxy) is 2. The van der Waals surface area contributed by atoms with Gasteiger partial charge in [-0.15, -0.1) is 0 Å². The van der Waals surface area contributed by atoms with Crippen molar-refractivity contribution in [3.63, 3.8) is 0 Å². The van der Waals surface area contributed by atoms with Gasteiger partial charge in [-0.1, -0.05) is 24.3 Å². The van der Waals surface area contributed by atoms with Crippen molar-refractivity contribution >= 4 is 11.7 Å². The summed E-state index contributed by atoms with van der Waals surface area (Å²) in [6.45, 7) is 4.95. The van der Waals surface area contributed by atoms with Crippen molar-refractivity contribution in [2.45, 2.75) is 13.8 Å². The Morgan fingerprint density at radius 1 is 1.04 bits per heavy atom. The fourth-order valence-corrected chi connectivity index (χ4v) is 2.39. The molecule has 6 nitrogen and oxygen atoms in total. The summed E-state index contributed by atoms with van der Waals surface area (Å²) < 4.78 is 11.5. The Hall–Kier alpha value is -2.99. The van der Waals surface area contributed by atoms with Gasteiger partial charge in [0.15, 0.2) is 0 Å². The van der Waals surface area contributed by atoms with Crippen LogP contribution in [-0.4, -0.2) is 38.5 Å². The molecule has 0 aliphatic carbocycles. The van der Waals surface area contributed by atoms with E-state index in [-0.39, 0.29) is 6.03 Å². The van der Waals surface area contributed by atoms with Gasteiger partial charge in [0.1, 0.15) is 24.7 Å². The lowest BCUT2D eigenvalue weighted by molar-refractivity contribution is -0.0598. The first-order valence-corrected chi connectivity index (χ1v) is 8.67. The van der Waals surface area contributed by atoms with Crippen LogP contribution in [0.25, 0.3) is 0 Å². The van der Waals surface area contributed by atoms with E-state index < -0.39 is 0 Å². The van der Waals surface area contributed by atoms with E-state index in [0.717, 1.165) is 21.9 Å². The van der Waals surface area contributed by atoms with Crippen molar-refractivity contribution in [3.8, 4) is 11.5 Å². The minimum absolute atomic E-state index is 0.363. The molecule has 0 fully saturated rings. The van der Waals surface area contributed by atoms with Crippen molar-refractivity contribution in [1.29, 1.82) is 0 Å². The molecule has 0 radical (unpaired) electrons.